The largest absolute Gasteiger partial charge is 0.348 e. The zero-order valence-electron chi connectivity index (χ0n) is 16.2. The molecule has 5 nitrogen and oxygen atoms in total. The molecule has 1 aromatic heterocycles. The molecule has 0 saturated heterocycles. The zero-order chi connectivity index (χ0) is 20.9. The predicted octanol–water partition coefficient (Wildman–Crippen LogP) is 4.36. The summed E-state index contributed by atoms with van der Waals surface area (Å²) in [7, 11) is 0. The van der Waals surface area contributed by atoms with Gasteiger partial charge in [0.25, 0.3) is 5.91 Å². The number of nitriles is 2. The Morgan fingerprint density at radius 3 is 2.27 bits per heavy atom. The highest BCUT2D eigenvalue weighted by molar-refractivity contribution is 6.07. The Kier molecular flexibility index (Phi) is 5.28. The molecule has 0 aliphatic heterocycles. The van der Waals surface area contributed by atoms with Crippen molar-refractivity contribution in [1.29, 1.82) is 10.5 Å². The second-order valence-electron chi connectivity index (χ2n) is 6.99. The lowest BCUT2D eigenvalue weighted by Gasteiger charge is -2.06. The summed E-state index contributed by atoms with van der Waals surface area (Å²) in [6, 6.07) is 26.7. The fraction of sp³-hybridized carbons (Fsp3) is 0.0800. The van der Waals surface area contributed by atoms with Crippen molar-refractivity contribution in [1.82, 2.24) is 9.88 Å². The Morgan fingerprint density at radius 1 is 0.867 bits per heavy atom. The van der Waals surface area contributed by atoms with Crippen LogP contribution in [0, 0.1) is 22.7 Å². The smallest absolute Gasteiger partial charge is 0.253 e. The summed E-state index contributed by atoms with van der Waals surface area (Å²) in [5, 5.41) is 22.0. The highest BCUT2D eigenvalue weighted by atomic mass is 16.1. The Labute approximate surface area is 174 Å². The fourth-order valence-corrected chi connectivity index (χ4v) is 3.52. The number of rotatable bonds is 5. The van der Waals surface area contributed by atoms with Gasteiger partial charge in [-0.3, -0.25) is 4.79 Å². The fourth-order valence-electron chi connectivity index (χ4n) is 3.52. The van der Waals surface area contributed by atoms with Crippen LogP contribution in [0.1, 0.15) is 32.6 Å². The van der Waals surface area contributed by atoms with Gasteiger partial charge in [0.15, 0.2) is 0 Å². The number of nitrogens with zero attached hydrogens (tertiary/aromatic N) is 3. The molecule has 0 radical (unpaired) electrons. The number of para-hydroxylation sites is 1. The van der Waals surface area contributed by atoms with Gasteiger partial charge in [0, 0.05) is 30.2 Å². The standard InChI is InChI=1S/C25H18N4O/c26-13-18-5-3-7-20(11-18)15-28-25(30)23-17-29(24-10-2-1-9-22(23)24)16-21-8-4-6-19(12-21)14-27/h1-12,17H,15-16H2,(H,28,30). The monoisotopic (exact) mass is 390 g/mol. The third-order valence-electron chi connectivity index (χ3n) is 4.95. The average Bonchev–Trinajstić information content (AvgIpc) is 3.16. The number of nitrogens with one attached hydrogen (secondary N) is 1. The maximum atomic E-state index is 12.9. The van der Waals surface area contributed by atoms with Gasteiger partial charge >= 0.3 is 0 Å². The zero-order valence-corrected chi connectivity index (χ0v) is 16.2. The van der Waals surface area contributed by atoms with Crippen molar-refractivity contribution in [3.8, 4) is 12.1 Å². The van der Waals surface area contributed by atoms with Crippen molar-refractivity contribution in [3.05, 3.63) is 107 Å². The van der Waals surface area contributed by atoms with Crippen LogP contribution in [0.2, 0.25) is 0 Å². The highest BCUT2D eigenvalue weighted by Gasteiger charge is 2.15. The van der Waals surface area contributed by atoms with Crippen molar-refractivity contribution in [3.63, 3.8) is 0 Å². The summed E-state index contributed by atoms with van der Waals surface area (Å²) in [5.74, 6) is -0.168. The van der Waals surface area contributed by atoms with E-state index in [4.69, 9.17) is 10.5 Å². The van der Waals surface area contributed by atoms with Gasteiger partial charge in [-0.15, -0.1) is 0 Å². The Balaban J connectivity index is 1.60. The van der Waals surface area contributed by atoms with Crippen LogP contribution < -0.4 is 5.32 Å². The van der Waals surface area contributed by atoms with Crippen molar-refractivity contribution >= 4 is 16.8 Å². The van der Waals surface area contributed by atoms with E-state index in [0.717, 1.165) is 22.0 Å². The summed E-state index contributed by atoms with van der Waals surface area (Å²) in [6.07, 6.45) is 1.85. The number of benzene rings is 3. The molecule has 0 unspecified atom stereocenters. The van der Waals surface area contributed by atoms with Crippen LogP contribution in [-0.2, 0) is 13.1 Å². The lowest BCUT2D eigenvalue weighted by molar-refractivity contribution is 0.0952. The van der Waals surface area contributed by atoms with Crippen LogP contribution in [0.3, 0.4) is 0 Å². The molecular formula is C25H18N4O. The molecule has 30 heavy (non-hydrogen) atoms. The summed E-state index contributed by atoms with van der Waals surface area (Å²) >= 11 is 0. The number of amides is 1. The molecule has 0 bridgehead atoms. The van der Waals surface area contributed by atoms with Crippen LogP contribution in [0.15, 0.2) is 79.0 Å². The summed E-state index contributed by atoms with van der Waals surface area (Å²) in [5.41, 5.74) is 4.60. The van der Waals surface area contributed by atoms with Crippen molar-refractivity contribution < 1.29 is 4.79 Å². The highest BCUT2D eigenvalue weighted by Crippen LogP contribution is 2.23. The van der Waals surface area contributed by atoms with E-state index in [0.29, 0.717) is 29.8 Å². The minimum absolute atomic E-state index is 0.168. The minimum atomic E-state index is -0.168. The molecule has 4 aromatic rings. The van der Waals surface area contributed by atoms with Crippen LogP contribution in [0.5, 0.6) is 0 Å². The topological polar surface area (TPSA) is 81.6 Å². The van der Waals surface area contributed by atoms with Gasteiger partial charge in [-0.25, -0.2) is 0 Å². The molecule has 0 spiro atoms. The number of aromatic nitrogens is 1. The van der Waals surface area contributed by atoms with Crippen LogP contribution >= 0.6 is 0 Å². The van der Waals surface area contributed by atoms with Crippen LogP contribution in [0.25, 0.3) is 10.9 Å². The molecule has 0 atom stereocenters. The Hall–Kier alpha value is -4.35. The molecule has 0 aliphatic carbocycles. The second kappa shape index (κ2) is 8.34. The van der Waals surface area contributed by atoms with E-state index >= 15 is 0 Å². The van der Waals surface area contributed by atoms with Crippen molar-refractivity contribution in [2.24, 2.45) is 0 Å². The molecule has 4 rings (SSSR count). The normalized spacial score (nSPS) is 10.3. The van der Waals surface area contributed by atoms with E-state index in [9.17, 15) is 4.79 Å². The summed E-state index contributed by atoms with van der Waals surface area (Å²) in [6.45, 7) is 0.908. The van der Waals surface area contributed by atoms with E-state index in [1.807, 2.05) is 59.3 Å². The molecule has 1 N–H and O–H groups in total. The third kappa shape index (κ3) is 3.92. The summed E-state index contributed by atoms with van der Waals surface area (Å²) in [4.78, 5) is 12.9. The van der Waals surface area contributed by atoms with Crippen molar-refractivity contribution in [2.45, 2.75) is 13.1 Å². The lowest BCUT2D eigenvalue weighted by Crippen LogP contribution is -2.22. The quantitative estimate of drug-likeness (QED) is 0.550. The number of hydrogen-bond donors (Lipinski definition) is 1. The van der Waals surface area contributed by atoms with Crippen LogP contribution in [0.4, 0.5) is 0 Å². The molecule has 5 heteroatoms. The summed E-state index contributed by atoms with van der Waals surface area (Å²) < 4.78 is 2.02. The first-order chi connectivity index (χ1) is 14.7. The number of carbonyl (C=O) groups excluding carboxylic acids is 1. The molecule has 144 valence electrons. The molecule has 0 aliphatic rings. The van der Waals surface area contributed by atoms with E-state index < -0.39 is 0 Å². The molecule has 1 heterocycles. The SMILES string of the molecule is N#Cc1cccc(CNC(=O)c2cn(Cc3cccc(C#N)c3)c3ccccc23)c1. The molecule has 0 fully saturated rings. The van der Waals surface area contributed by atoms with Gasteiger partial charge in [-0.2, -0.15) is 10.5 Å². The van der Waals surface area contributed by atoms with E-state index in [-0.39, 0.29) is 5.91 Å². The van der Waals surface area contributed by atoms with E-state index in [2.05, 4.69) is 17.5 Å². The first-order valence-corrected chi connectivity index (χ1v) is 9.52. The Bertz CT molecular complexity index is 1320. The van der Waals surface area contributed by atoms with Crippen LogP contribution in [-0.4, -0.2) is 10.5 Å². The number of fused-ring (bicyclic) bond motifs is 1. The van der Waals surface area contributed by atoms with Crippen molar-refractivity contribution in [2.75, 3.05) is 0 Å². The predicted molar refractivity (Wildman–Crippen MR) is 115 cm³/mol. The maximum absolute atomic E-state index is 12.9. The number of hydrogen-bond acceptors (Lipinski definition) is 3. The first kappa shape index (κ1) is 19.0. The van der Waals surface area contributed by atoms with Gasteiger partial charge < -0.3 is 9.88 Å². The van der Waals surface area contributed by atoms with E-state index in [1.54, 1.807) is 24.3 Å². The van der Waals surface area contributed by atoms with Gasteiger partial charge in [-0.1, -0.05) is 42.5 Å². The Morgan fingerprint density at radius 2 is 1.53 bits per heavy atom. The molecule has 1 amide bonds. The average molecular weight is 390 g/mol. The molecule has 3 aromatic carbocycles. The first-order valence-electron chi connectivity index (χ1n) is 9.52. The molecular weight excluding hydrogens is 372 g/mol. The van der Waals surface area contributed by atoms with Gasteiger partial charge in [0.1, 0.15) is 0 Å². The second-order valence-corrected chi connectivity index (χ2v) is 6.99. The van der Waals surface area contributed by atoms with Gasteiger partial charge in [0.05, 0.1) is 28.8 Å². The van der Waals surface area contributed by atoms with Gasteiger partial charge in [-0.05, 0) is 41.5 Å². The molecule has 0 saturated carbocycles. The van der Waals surface area contributed by atoms with E-state index in [1.165, 1.54) is 0 Å². The number of carbonyl (C=O) groups is 1. The van der Waals surface area contributed by atoms with Gasteiger partial charge in [0.2, 0.25) is 0 Å². The maximum Gasteiger partial charge on any atom is 0.253 e. The third-order valence-corrected chi connectivity index (χ3v) is 4.95. The minimum Gasteiger partial charge on any atom is -0.348 e. The lowest BCUT2D eigenvalue weighted by atomic mass is 10.1.